The lowest BCUT2D eigenvalue weighted by Crippen LogP contribution is -2.40. The number of nitrogens with zero attached hydrogens (tertiary/aromatic N) is 2. The molecule has 3 atom stereocenters. The summed E-state index contributed by atoms with van der Waals surface area (Å²) in [5, 5.41) is 10.7. The van der Waals surface area contributed by atoms with Crippen LogP contribution >= 0.6 is 15.9 Å². The minimum atomic E-state index is -1.34. The third-order valence-corrected chi connectivity index (χ3v) is 5.49. The maximum absolute atomic E-state index is 12.3. The molecule has 5 nitrogen and oxygen atoms in total. The monoisotopic (exact) mass is 412 g/mol. The van der Waals surface area contributed by atoms with Gasteiger partial charge in [-0.25, -0.2) is 4.79 Å². The Morgan fingerprint density at radius 3 is 2.32 bits per heavy atom. The SMILES string of the molecule is Cc1nc(C)c(C(O)C(=O)OC(C)C)c(N2CC(C)CC(C)C2)c1Br. The molecule has 0 radical (unpaired) electrons. The minimum Gasteiger partial charge on any atom is -0.461 e. The van der Waals surface area contributed by atoms with Crippen LogP contribution in [-0.4, -0.2) is 35.3 Å². The second-order valence-corrected chi connectivity index (χ2v) is 8.39. The van der Waals surface area contributed by atoms with Gasteiger partial charge in [0, 0.05) is 24.3 Å². The number of hydrogen-bond acceptors (Lipinski definition) is 5. The van der Waals surface area contributed by atoms with E-state index in [1.165, 1.54) is 6.42 Å². The van der Waals surface area contributed by atoms with Crippen molar-refractivity contribution in [1.82, 2.24) is 4.98 Å². The number of carbonyl (C=O) groups is 1. The van der Waals surface area contributed by atoms with Crippen molar-refractivity contribution in [3.05, 3.63) is 21.4 Å². The maximum atomic E-state index is 12.3. The van der Waals surface area contributed by atoms with Crippen LogP contribution < -0.4 is 4.90 Å². The fraction of sp³-hybridized carbons (Fsp3) is 0.684. The first-order valence-corrected chi connectivity index (χ1v) is 9.71. The van der Waals surface area contributed by atoms with E-state index in [0.717, 1.165) is 28.9 Å². The Labute approximate surface area is 158 Å². The molecule has 1 aliphatic heterocycles. The molecule has 0 aromatic carbocycles. The van der Waals surface area contributed by atoms with Crippen molar-refractivity contribution in [2.45, 2.75) is 60.2 Å². The molecule has 0 amide bonds. The summed E-state index contributed by atoms with van der Waals surface area (Å²) in [6, 6.07) is 0. The van der Waals surface area contributed by atoms with Crippen molar-refractivity contribution in [2.75, 3.05) is 18.0 Å². The molecule has 1 saturated heterocycles. The summed E-state index contributed by atoms with van der Waals surface area (Å²) in [4.78, 5) is 19.1. The number of rotatable bonds is 4. The fourth-order valence-electron chi connectivity index (χ4n) is 3.72. The largest absolute Gasteiger partial charge is 0.461 e. The van der Waals surface area contributed by atoms with E-state index in [1.807, 2.05) is 13.8 Å². The van der Waals surface area contributed by atoms with Gasteiger partial charge in [-0.1, -0.05) is 13.8 Å². The number of carbonyl (C=O) groups excluding carboxylic acids is 1. The predicted molar refractivity (Wildman–Crippen MR) is 103 cm³/mol. The third kappa shape index (κ3) is 4.53. The molecule has 2 heterocycles. The molecule has 0 saturated carbocycles. The number of pyridine rings is 1. The van der Waals surface area contributed by atoms with Crippen LogP contribution in [0.1, 0.15) is 57.2 Å². The summed E-state index contributed by atoms with van der Waals surface area (Å²) < 4.78 is 6.06. The van der Waals surface area contributed by atoms with Gasteiger partial charge in [-0.15, -0.1) is 0 Å². The van der Waals surface area contributed by atoms with E-state index < -0.39 is 12.1 Å². The molecule has 1 aliphatic rings. The molecule has 6 heteroatoms. The summed E-state index contributed by atoms with van der Waals surface area (Å²) in [5.41, 5.74) is 2.93. The van der Waals surface area contributed by atoms with E-state index in [2.05, 4.69) is 39.7 Å². The molecule has 0 aliphatic carbocycles. The zero-order valence-corrected chi connectivity index (χ0v) is 17.6. The van der Waals surface area contributed by atoms with E-state index in [0.29, 0.717) is 23.1 Å². The number of hydrogen-bond donors (Lipinski definition) is 1. The van der Waals surface area contributed by atoms with Crippen molar-refractivity contribution in [3.63, 3.8) is 0 Å². The number of piperidine rings is 1. The average Bonchev–Trinajstić information content (AvgIpc) is 2.48. The Balaban J connectivity index is 2.52. The molecule has 140 valence electrons. The third-order valence-electron chi connectivity index (χ3n) is 4.54. The van der Waals surface area contributed by atoms with Gasteiger partial charge in [0.1, 0.15) is 0 Å². The summed E-state index contributed by atoms with van der Waals surface area (Å²) in [5.74, 6) is 0.476. The van der Waals surface area contributed by atoms with E-state index >= 15 is 0 Å². The van der Waals surface area contributed by atoms with Crippen molar-refractivity contribution in [3.8, 4) is 0 Å². The molecule has 0 spiro atoms. The van der Waals surface area contributed by atoms with Gasteiger partial charge >= 0.3 is 5.97 Å². The normalized spacial score (nSPS) is 22.2. The Kier molecular flexibility index (Phi) is 6.49. The molecule has 1 fully saturated rings. The number of anilines is 1. The smallest absolute Gasteiger partial charge is 0.340 e. The van der Waals surface area contributed by atoms with Crippen molar-refractivity contribution < 1.29 is 14.6 Å². The van der Waals surface area contributed by atoms with E-state index in [-0.39, 0.29) is 6.10 Å². The summed E-state index contributed by atoms with van der Waals surface area (Å²) >= 11 is 3.64. The summed E-state index contributed by atoms with van der Waals surface area (Å²) in [7, 11) is 0. The first-order valence-electron chi connectivity index (χ1n) is 8.91. The average molecular weight is 413 g/mol. The van der Waals surface area contributed by atoms with E-state index in [9.17, 15) is 9.90 Å². The van der Waals surface area contributed by atoms with Gasteiger partial charge in [0.2, 0.25) is 0 Å². The van der Waals surface area contributed by atoms with E-state index in [1.54, 1.807) is 13.8 Å². The lowest BCUT2D eigenvalue weighted by Gasteiger charge is -2.39. The number of esters is 1. The van der Waals surface area contributed by atoms with Gasteiger partial charge in [-0.2, -0.15) is 0 Å². The second-order valence-electron chi connectivity index (χ2n) is 7.60. The lowest BCUT2D eigenvalue weighted by atomic mass is 9.90. The van der Waals surface area contributed by atoms with Crippen LogP contribution in [-0.2, 0) is 9.53 Å². The molecular weight excluding hydrogens is 384 g/mol. The first-order chi connectivity index (χ1) is 11.6. The van der Waals surface area contributed by atoms with Gasteiger partial charge < -0.3 is 14.7 Å². The van der Waals surface area contributed by atoms with Gasteiger partial charge in [0.05, 0.1) is 22.0 Å². The summed E-state index contributed by atoms with van der Waals surface area (Å²) in [6.45, 7) is 13.6. The minimum absolute atomic E-state index is 0.275. The number of ether oxygens (including phenoxy) is 1. The predicted octanol–water partition coefficient (Wildman–Crippen LogP) is 3.93. The molecule has 1 aromatic heterocycles. The van der Waals surface area contributed by atoms with Crippen LogP contribution in [0.25, 0.3) is 0 Å². The molecule has 2 rings (SSSR count). The number of aromatic nitrogens is 1. The van der Waals surface area contributed by atoms with Crippen molar-refractivity contribution in [2.24, 2.45) is 11.8 Å². The fourth-order valence-corrected chi connectivity index (χ4v) is 4.27. The topological polar surface area (TPSA) is 62.7 Å². The highest BCUT2D eigenvalue weighted by Crippen LogP contribution is 2.40. The van der Waals surface area contributed by atoms with Crippen LogP contribution in [0, 0.1) is 25.7 Å². The zero-order chi connectivity index (χ0) is 18.9. The Hall–Kier alpha value is -1.14. The molecule has 25 heavy (non-hydrogen) atoms. The van der Waals surface area contributed by atoms with Gasteiger partial charge in [0.15, 0.2) is 6.10 Å². The van der Waals surface area contributed by atoms with Crippen molar-refractivity contribution in [1.29, 1.82) is 0 Å². The van der Waals surface area contributed by atoms with E-state index in [4.69, 9.17) is 4.74 Å². The molecular formula is C19H29BrN2O3. The molecule has 3 unspecified atom stereocenters. The lowest BCUT2D eigenvalue weighted by molar-refractivity contribution is -0.157. The highest BCUT2D eigenvalue weighted by atomic mass is 79.9. The first kappa shape index (κ1) is 20.2. The van der Waals surface area contributed by atoms with Crippen LogP contribution in [0.5, 0.6) is 0 Å². The van der Waals surface area contributed by atoms with Crippen molar-refractivity contribution >= 4 is 27.6 Å². The molecule has 1 aromatic rings. The van der Waals surface area contributed by atoms with Gasteiger partial charge in [-0.3, -0.25) is 4.98 Å². The number of aliphatic hydroxyl groups is 1. The molecule has 0 bridgehead atoms. The summed E-state index contributed by atoms with van der Waals surface area (Å²) in [6.07, 6.45) is -0.429. The Bertz CT molecular complexity index is 638. The Morgan fingerprint density at radius 2 is 1.80 bits per heavy atom. The zero-order valence-electron chi connectivity index (χ0n) is 16.0. The second kappa shape index (κ2) is 8.04. The van der Waals surface area contributed by atoms with Gasteiger partial charge in [-0.05, 0) is 61.9 Å². The maximum Gasteiger partial charge on any atom is 0.340 e. The highest BCUT2D eigenvalue weighted by Gasteiger charge is 2.32. The standard InChI is InChI=1S/C19H29BrN2O3/c1-10(2)25-19(24)18(23)15-13(5)21-14(6)16(20)17(15)22-8-11(3)7-12(4)9-22/h10-12,18,23H,7-9H2,1-6H3. The van der Waals surface area contributed by atoms with Gasteiger partial charge in [0.25, 0.3) is 0 Å². The number of halogens is 1. The number of aliphatic hydroxyl groups excluding tert-OH is 1. The van der Waals surface area contributed by atoms with Crippen LogP contribution in [0.2, 0.25) is 0 Å². The van der Waals surface area contributed by atoms with Crippen LogP contribution in [0.15, 0.2) is 4.47 Å². The van der Waals surface area contributed by atoms with Crippen LogP contribution in [0.4, 0.5) is 5.69 Å². The quantitative estimate of drug-likeness (QED) is 0.758. The van der Waals surface area contributed by atoms with Crippen LogP contribution in [0.3, 0.4) is 0 Å². The number of aryl methyl sites for hydroxylation is 2. The highest BCUT2D eigenvalue weighted by molar-refractivity contribution is 9.10. The Morgan fingerprint density at radius 1 is 1.24 bits per heavy atom. The molecule has 1 N–H and O–H groups in total.